The van der Waals surface area contributed by atoms with E-state index in [0.29, 0.717) is 22.5 Å². The maximum absolute atomic E-state index is 11.7. The van der Waals surface area contributed by atoms with E-state index in [1.807, 2.05) is 6.26 Å². The van der Waals surface area contributed by atoms with Gasteiger partial charge in [-0.1, -0.05) is 11.6 Å². The predicted octanol–water partition coefficient (Wildman–Crippen LogP) is 2.87. The number of H-pyrrole nitrogens is 1. The maximum Gasteiger partial charge on any atom is 0.255 e. The van der Waals surface area contributed by atoms with Crippen molar-refractivity contribution in [2.75, 3.05) is 17.3 Å². The van der Waals surface area contributed by atoms with Gasteiger partial charge >= 0.3 is 0 Å². The lowest BCUT2D eigenvalue weighted by Gasteiger charge is -2.08. The van der Waals surface area contributed by atoms with Crippen LogP contribution in [0.1, 0.15) is 6.42 Å². The van der Waals surface area contributed by atoms with Gasteiger partial charge in [-0.2, -0.15) is 11.8 Å². The molecular weight excluding hydrogens is 284 g/mol. The third-order valence-electron chi connectivity index (χ3n) is 2.67. The molecule has 0 spiro atoms. The summed E-state index contributed by atoms with van der Waals surface area (Å²) in [7, 11) is 0. The molecule has 4 nitrogen and oxygen atoms in total. The smallest absolute Gasteiger partial charge is 0.255 e. The molecule has 1 heterocycles. The lowest BCUT2D eigenvalue weighted by atomic mass is 10.1. The van der Waals surface area contributed by atoms with E-state index in [1.165, 1.54) is 0 Å². The van der Waals surface area contributed by atoms with Crippen LogP contribution in [0.5, 0.6) is 0 Å². The van der Waals surface area contributed by atoms with Crippen LogP contribution in [0.25, 0.3) is 10.8 Å². The Bertz CT molecular complexity index is 669. The first-order valence-corrected chi connectivity index (χ1v) is 7.48. The van der Waals surface area contributed by atoms with Gasteiger partial charge in [0.1, 0.15) is 0 Å². The van der Waals surface area contributed by atoms with Crippen LogP contribution in [0.4, 0.5) is 5.69 Å². The Morgan fingerprint density at radius 3 is 3.00 bits per heavy atom. The molecule has 0 bridgehead atoms. The highest BCUT2D eigenvalue weighted by molar-refractivity contribution is 7.98. The van der Waals surface area contributed by atoms with E-state index < -0.39 is 0 Å². The van der Waals surface area contributed by atoms with Crippen molar-refractivity contribution in [2.24, 2.45) is 0 Å². The highest BCUT2D eigenvalue weighted by Crippen LogP contribution is 2.26. The lowest BCUT2D eigenvalue weighted by Crippen LogP contribution is -2.13. The fourth-order valence-corrected chi connectivity index (χ4v) is 2.31. The van der Waals surface area contributed by atoms with Crippen LogP contribution in [0.2, 0.25) is 5.02 Å². The van der Waals surface area contributed by atoms with Crippen LogP contribution in [-0.4, -0.2) is 22.9 Å². The first kappa shape index (κ1) is 14.0. The third kappa shape index (κ3) is 3.30. The Morgan fingerprint density at radius 2 is 2.26 bits per heavy atom. The predicted molar refractivity (Wildman–Crippen MR) is 81.2 cm³/mol. The molecule has 100 valence electrons. The second-order valence-electron chi connectivity index (χ2n) is 4.02. The number of hydrogen-bond acceptors (Lipinski definition) is 3. The van der Waals surface area contributed by atoms with E-state index >= 15 is 0 Å². The summed E-state index contributed by atoms with van der Waals surface area (Å²) in [5.41, 5.74) is 0.338. The van der Waals surface area contributed by atoms with Crippen LogP contribution in [0.3, 0.4) is 0 Å². The molecule has 1 aromatic heterocycles. The standard InChI is InChI=1S/C13H13ClN2O2S/c1-19-5-3-12(17)16-11-6-8-2-4-15-13(18)9(8)7-10(11)14/h2,4,6-7H,3,5H2,1H3,(H,15,18)(H,16,17). The van der Waals surface area contributed by atoms with Crippen LogP contribution in [0, 0.1) is 0 Å². The van der Waals surface area contributed by atoms with Gasteiger partial charge in [-0.05, 0) is 29.8 Å². The van der Waals surface area contributed by atoms with Gasteiger partial charge in [0.2, 0.25) is 5.91 Å². The minimum Gasteiger partial charge on any atom is -0.329 e. The minimum absolute atomic E-state index is 0.0829. The normalized spacial score (nSPS) is 10.6. The quantitative estimate of drug-likeness (QED) is 0.912. The average molecular weight is 297 g/mol. The van der Waals surface area contributed by atoms with Crippen molar-refractivity contribution in [1.82, 2.24) is 4.98 Å². The Hall–Kier alpha value is -1.46. The zero-order chi connectivity index (χ0) is 13.8. The SMILES string of the molecule is CSCCC(=O)Nc1cc2cc[nH]c(=O)c2cc1Cl. The molecular formula is C13H13ClN2O2S. The average Bonchev–Trinajstić information content (AvgIpc) is 2.38. The fraction of sp³-hybridized carbons (Fsp3) is 0.231. The van der Waals surface area contributed by atoms with Gasteiger partial charge in [-0.15, -0.1) is 0 Å². The van der Waals surface area contributed by atoms with Crippen molar-refractivity contribution < 1.29 is 4.79 Å². The molecule has 1 amide bonds. The molecule has 0 fully saturated rings. The molecule has 0 unspecified atom stereocenters. The molecule has 1 aromatic carbocycles. The number of amides is 1. The molecule has 2 aromatic rings. The molecule has 2 rings (SSSR count). The number of aromatic nitrogens is 1. The van der Waals surface area contributed by atoms with Crippen molar-refractivity contribution in [3.05, 3.63) is 39.8 Å². The number of thioether (sulfide) groups is 1. The zero-order valence-corrected chi connectivity index (χ0v) is 11.9. The van der Waals surface area contributed by atoms with Crippen LogP contribution >= 0.6 is 23.4 Å². The van der Waals surface area contributed by atoms with Crippen molar-refractivity contribution in [3.63, 3.8) is 0 Å². The van der Waals surface area contributed by atoms with Crippen LogP contribution in [-0.2, 0) is 4.79 Å². The summed E-state index contributed by atoms with van der Waals surface area (Å²) in [4.78, 5) is 25.9. The number of hydrogen-bond donors (Lipinski definition) is 2. The molecule has 6 heteroatoms. The van der Waals surface area contributed by atoms with E-state index in [4.69, 9.17) is 11.6 Å². The number of fused-ring (bicyclic) bond motifs is 1. The van der Waals surface area contributed by atoms with Gasteiger partial charge in [0.05, 0.1) is 10.7 Å². The van der Waals surface area contributed by atoms with E-state index in [1.54, 1.807) is 36.2 Å². The fourth-order valence-electron chi connectivity index (χ4n) is 1.71. The van der Waals surface area contributed by atoms with Crippen molar-refractivity contribution in [3.8, 4) is 0 Å². The van der Waals surface area contributed by atoms with E-state index in [0.717, 1.165) is 11.1 Å². The van der Waals surface area contributed by atoms with E-state index in [9.17, 15) is 9.59 Å². The molecule has 0 atom stereocenters. The summed E-state index contributed by atoms with van der Waals surface area (Å²) >= 11 is 7.69. The number of nitrogens with one attached hydrogen (secondary N) is 2. The Kier molecular flexibility index (Phi) is 4.50. The van der Waals surface area contributed by atoms with Gasteiger partial charge < -0.3 is 10.3 Å². The first-order chi connectivity index (χ1) is 9.11. The van der Waals surface area contributed by atoms with Gasteiger partial charge in [0, 0.05) is 23.8 Å². The first-order valence-electron chi connectivity index (χ1n) is 5.71. The summed E-state index contributed by atoms with van der Waals surface area (Å²) < 4.78 is 0. The second-order valence-corrected chi connectivity index (χ2v) is 5.41. The van der Waals surface area contributed by atoms with Gasteiger partial charge in [-0.25, -0.2) is 0 Å². The highest BCUT2D eigenvalue weighted by atomic mass is 35.5. The van der Waals surface area contributed by atoms with Gasteiger partial charge in [-0.3, -0.25) is 9.59 Å². The number of rotatable bonds is 4. The van der Waals surface area contributed by atoms with E-state index in [2.05, 4.69) is 10.3 Å². The summed E-state index contributed by atoms with van der Waals surface area (Å²) in [6.07, 6.45) is 3.95. The number of pyridine rings is 1. The van der Waals surface area contributed by atoms with Crippen molar-refractivity contribution >= 4 is 45.7 Å². The Morgan fingerprint density at radius 1 is 1.47 bits per heavy atom. The van der Waals surface area contributed by atoms with Crippen molar-refractivity contribution in [1.29, 1.82) is 0 Å². The highest BCUT2D eigenvalue weighted by Gasteiger charge is 2.08. The lowest BCUT2D eigenvalue weighted by molar-refractivity contribution is -0.115. The van der Waals surface area contributed by atoms with Crippen LogP contribution < -0.4 is 10.9 Å². The van der Waals surface area contributed by atoms with Crippen LogP contribution in [0.15, 0.2) is 29.2 Å². The number of halogens is 1. The number of benzene rings is 1. The molecule has 19 heavy (non-hydrogen) atoms. The maximum atomic E-state index is 11.7. The monoisotopic (exact) mass is 296 g/mol. The molecule has 0 radical (unpaired) electrons. The summed E-state index contributed by atoms with van der Waals surface area (Å²) in [5.74, 6) is 0.678. The third-order valence-corrected chi connectivity index (χ3v) is 3.59. The summed E-state index contributed by atoms with van der Waals surface area (Å²) in [6.45, 7) is 0. The molecule has 0 aliphatic heterocycles. The molecule has 0 aliphatic carbocycles. The number of anilines is 1. The summed E-state index contributed by atoms with van der Waals surface area (Å²) in [5, 5.41) is 4.38. The number of aromatic amines is 1. The second kappa shape index (κ2) is 6.12. The van der Waals surface area contributed by atoms with Gasteiger partial charge in [0.25, 0.3) is 5.56 Å². The van der Waals surface area contributed by atoms with Gasteiger partial charge in [0.15, 0.2) is 0 Å². The largest absolute Gasteiger partial charge is 0.329 e. The molecule has 0 saturated heterocycles. The number of carbonyl (C=O) groups is 1. The molecule has 0 saturated carbocycles. The molecule has 2 N–H and O–H groups in total. The topological polar surface area (TPSA) is 62.0 Å². The number of carbonyl (C=O) groups excluding carboxylic acids is 1. The Labute approximate surface area is 119 Å². The van der Waals surface area contributed by atoms with Crippen molar-refractivity contribution in [2.45, 2.75) is 6.42 Å². The molecule has 0 aliphatic rings. The summed E-state index contributed by atoms with van der Waals surface area (Å²) in [6, 6.07) is 5.05. The minimum atomic E-state index is -0.195. The zero-order valence-electron chi connectivity index (χ0n) is 10.3. The van der Waals surface area contributed by atoms with E-state index in [-0.39, 0.29) is 11.5 Å². The Balaban J connectivity index is 2.32.